The zero-order chi connectivity index (χ0) is 0. The Morgan fingerprint density at radius 3 is 0.211 bits per heavy atom. The molecular weight excluding hydrogens is 749 g/mol. The molecule has 0 aliphatic heterocycles. The van der Waals surface area contributed by atoms with Crippen LogP contribution in [0.15, 0.2) is 0 Å². The van der Waals surface area contributed by atoms with E-state index < -0.39 is 0 Å². The van der Waals surface area contributed by atoms with Crippen LogP contribution in [0.1, 0.15) is 0 Å². The number of rotatable bonds is 0. The van der Waals surface area contributed by atoms with Gasteiger partial charge in [-0.2, -0.15) is 0 Å². The van der Waals surface area contributed by atoms with Gasteiger partial charge in [0.25, 0.3) is 0 Å². The van der Waals surface area contributed by atoms with Gasteiger partial charge in [0.05, 0.1) is 0 Å². The zero-order valence-corrected chi connectivity index (χ0v) is 31.0. The van der Waals surface area contributed by atoms with Gasteiger partial charge in [-0.3, -0.25) is 0 Å². The minimum atomic E-state index is 0. The van der Waals surface area contributed by atoms with Crippen molar-refractivity contribution in [1.82, 2.24) is 0 Å². The molecule has 0 bridgehead atoms. The molecule has 4 radical (unpaired) electrons. The van der Waals surface area contributed by atoms with Crippen molar-refractivity contribution in [2.24, 2.45) is 0 Å². The Morgan fingerprint density at radius 2 is 0.211 bits per heavy atom. The predicted octanol–water partition coefficient (Wildman–Crippen LogP) is -7.81. The first kappa shape index (κ1) is 309. The maximum Gasteiger partial charge on any atom is 2.00 e. The summed E-state index contributed by atoms with van der Waals surface area (Å²) in [5.74, 6) is 0. The normalized spacial score (nSPS) is 0. The van der Waals surface area contributed by atoms with Crippen LogP contribution in [-0.2, 0) is 140 Å². The maximum atomic E-state index is 0. The van der Waals surface area contributed by atoms with Crippen molar-refractivity contribution < 1.29 is 278 Å². The summed E-state index contributed by atoms with van der Waals surface area (Å²) < 4.78 is 0. The minimum absolute atomic E-state index is 0. The van der Waals surface area contributed by atoms with Crippen LogP contribution in [-0.4, -0.2) is 45.5 Å². The van der Waals surface area contributed by atoms with Gasteiger partial charge in [-0.25, -0.2) is 0 Å². The van der Waals surface area contributed by atoms with E-state index in [1.807, 2.05) is 0 Å². The van der Waals surface area contributed by atoms with Gasteiger partial charge in [-0.05, 0) is 0 Å². The molecule has 0 aromatic carbocycles. The second-order valence-corrected chi connectivity index (χ2v) is 0. The second kappa shape index (κ2) is 274. The van der Waals surface area contributed by atoms with Crippen LogP contribution < -0.4 is 138 Å². The molecule has 0 saturated heterocycles. The van der Waals surface area contributed by atoms with E-state index in [1.165, 1.54) is 0 Å². The summed E-state index contributed by atoms with van der Waals surface area (Å²) in [6.45, 7) is 0. The van der Waals surface area contributed by atoms with Crippen LogP contribution in [0.4, 0.5) is 0 Å². The smallest absolute Gasteiger partial charge is 2.00 e. The van der Waals surface area contributed by atoms with Gasteiger partial charge < -0.3 is 65.7 Å². The van der Waals surface area contributed by atoms with Crippen molar-refractivity contribution in [2.45, 2.75) is 0 Å². The molecule has 12 nitrogen and oxygen atoms in total. The van der Waals surface area contributed by atoms with Crippen LogP contribution in [0.3, 0.4) is 0 Å². The Morgan fingerprint density at radius 1 is 0.211 bits per heavy atom. The van der Waals surface area contributed by atoms with Crippen LogP contribution in [0.25, 0.3) is 0 Å². The standard InChI is InChI=1S/2Cs.12O.Sr.4V/q2*+1;12*-2;+2;;;;. The van der Waals surface area contributed by atoms with Crippen molar-refractivity contribution >= 4 is 45.5 Å². The average Bonchev–Trinajstić information content (AvgIpc) is 0. The molecule has 0 N–H and O–H groups in total. The molecule has 116 valence electrons. The molecule has 0 aromatic heterocycles. The molecule has 0 rings (SSSR count). The summed E-state index contributed by atoms with van der Waals surface area (Å²) in [5.41, 5.74) is 0. The maximum absolute atomic E-state index is 0. The van der Waals surface area contributed by atoms with Crippen molar-refractivity contribution in [3.63, 3.8) is 0 Å². The SMILES string of the molecule is [Cs+].[Cs+].[O-2].[O-2].[O-2].[O-2].[O-2].[O-2].[O-2].[O-2].[O-2].[O-2].[O-2].[O-2].[Sr+2].[V].[V].[V].[V]. The zero-order valence-electron chi connectivity index (χ0n) is 9.39. The van der Waals surface area contributed by atoms with E-state index in [-0.39, 0.29) is 323 Å². The summed E-state index contributed by atoms with van der Waals surface area (Å²) in [4.78, 5) is 0. The molecule has 0 heterocycles. The summed E-state index contributed by atoms with van der Waals surface area (Å²) in [6, 6.07) is 0. The van der Waals surface area contributed by atoms with E-state index in [1.54, 1.807) is 0 Å². The first-order valence-corrected chi connectivity index (χ1v) is 0. The van der Waals surface area contributed by atoms with Gasteiger partial charge in [-0.15, -0.1) is 0 Å². The van der Waals surface area contributed by atoms with E-state index in [9.17, 15) is 0 Å². The monoisotopic (exact) mass is 749 g/mol. The first-order valence-electron chi connectivity index (χ1n) is 0. The van der Waals surface area contributed by atoms with E-state index in [0.29, 0.717) is 0 Å². The Kier molecular flexibility index (Phi) is 4460. The van der Waals surface area contributed by atoms with Crippen LogP contribution in [0.2, 0.25) is 0 Å². The molecule has 0 aromatic rings. The predicted molar refractivity (Wildman–Crippen MR) is 14.0 cm³/mol. The van der Waals surface area contributed by atoms with Gasteiger partial charge in [-0.1, -0.05) is 0 Å². The summed E-state index contributed by atoms with van der Waals surface area (Å²) >= 11 is 0. The molecule has 0 amide bonds. The summed E-state index contributed by atoms with van der Waals surface area (Å²) in [5, 5.41) is 0. The van der Waals surface area contributed by atoms with Crippen molar-refractivity contribution in [2.75, 3.05) is 0 Å². The summed E-state index contributed by atoms with van der Waals surface area (Å²) in [6.07, 6.45) is 0. The molecule has 0 aliphatic carbocycles. The fourth-order valence-electron chi connectivity index (χ4n) is 0. The Balaban J connectivity index is 0. The molecule has 0 saturated carbocycles. The van der Waals surface area contributed by atoms with E-state index in [0.717, 1.165) is 0 Å². The molecule has 0 spiro atoms. The second-order valence-electron chi connectivity index (χ2n) is 0. The van der Waals surface area contributed by atoms with Crippen LogP contribution in [0.5, 0.6) is 0 Å². The van der Waals surface area contributed by atoms with Gasteiger partial charge in [0.2, 0.25) is 0 Å². The van der Waals surface area contributed by atoms with Crippen molar-refractivity contribution in [3.05, 3.63) is 0 Å². The number of hydrogen-bond donors (Lipinski definition) is 0. The summed E-state index contributed by atoms with van der Waals surface area (Å²) in [7, 11) is 0. The third kappa shape index (κ3) is 252. The van der Waals surface area contributed by atoms with Gasteiger partial charge >= 0.3 is 183 Å². The Labute approximate surface area is 313 Å². The molecule has 19 heavy (non-hydrogen) atoms. The third-order valence-corrected chi connectivity index (χ3v) is 0. The molecule has 19 heteroatoms. The Hall–Kier alpha value is 7.44. The van der Waals surface area contributed by atoms with Crippen LogP contribution >= 0.6 is 0 Å². The fourth-order valence-corrected chi connectivity index (χ4v) is 0. The Bertz CT molecular complexity index is 27.7. The number of hydrogen-bond acceptors (Lipinski definition) is 0. The molecular formula is Cs2O12SrV4-20. The van der Waals surface area contributed by atoms with E-state index in [2.05, 4.69) is 0 Å². The third-order valence-electron chi connectivity index (χ3n) is 0. The molecule has 0 atom stereocenters. The molecule has 0 aliphatic rings. The largest absolute Gasteiger partial charge is 2.00 e. The average molecular weight is 749 g/mol. The first-order chi connectivity index (χ1) is 0. The molecule has 0 fully saturated rings. The fraction of sp³-hybridized carbons (Fsp3) is 0. The van der Waals surface area contributed by atoms with E-state index >= 15 is 0 Å². The minimum Gasteiger partial charge on any atom is -2.00 e. The van der Waals surface area contributed by atoms with Gasteiger partial charge in [0.15, 0.2) is 0 Å². The van der Waals surface area contributed by atoms with Gasteiger partial charge in [0.1, 0.15) is 0 Å². The topological polar surface area (TPSA) is 342 Å². The van der Waals surface area contributed by atoms with Crippen molar-refractivity contribution in [1.29, 1.82) is 0 Å². The molecule has 0 unspecified atom stereocenters. The van der Waals surface area contributed by atoms with E-state index in [4.69, 9.17) is 0 Å². The van der Waals surface area contributed by atoms with Gasteiger partial charge in [0, 0.05) is 74.2 Å². The van der Waals surface area contributed by atoms with Crippen LogP contribution in [0, 0.1) is 0 Å². The van der Waals surface area contributed by atoms with Crippen molar-refractivity contribution in [3.8, 4) is 0 Å². The quantitative estimate of drug-likeness (QED) is 0.208.